The van der Waals surface area contributed by atoms with Gasteiger partial charge in [-0.05, 0) is 45.6 Å². The first-order valence-corrected chi connectivity index (χ1v) is 6.34. The molecule has 0 aliphatic heterocycles. The van der Waals surface area contributed by atoms with Crippen LogP contribution in [0.3, 0.4) is 0 Å². The summed E-state index contributed by atoms with van der Waals surface area (Å²) in [7, 11) is 0. The molecule has 1 aromatic carbocycles. The van der Waals surface area contributed by atoms with Crippen LogP contribution in [0.5, 0.6) is 0 Å². The van der Waals surface area contributed by atoms with Crippen LogP contribution in [0.15, 0.2) is 34.1 Å². The molecule has 3 N–H and O–H groups in total. The van der Waals surface area contributed by atoms with Crippen LogP contribution in [0.1, 0.15) is 9.67 Å². The molecule has 3 nitrogen and oxygen atoms in total. The lowest BCUT2D eigenvalue weighted by atomic mass is 10.2. The number of nitrogen functional groups attached to an aromatic ring is 1. The maximum atomic E-state index is 13.4. The molecule has 0 saturated carbocycles. The van der Waals surface area contributed by atoms with Gasteiger partial charge in [-0.3, -0.25) is 4.79 Å². The monoisotopic (exact) mass is 314 g/mol. The van der Waals surface area contributed by atoms with Crippen LogP contribution < -0.4 is 11.1 Å². The predicted octanol–water partition coefficient (Wildman–Crippen LogP) is 3.48. The minimum atomic E-state index is -0.550. The second-order valence-electron chi connectivity index (χ2n) is 3.29. The molecule has 0 fully saturated rings. The largest absolute Gasteiger partial charge is 0.399 e. The summed E-state index contributed by atoms with van der Waals surface area (Å²) in [5.74, 6) is -0.901. The molecule has 17 heavy (non-hydrogen) atoms. The fraction of sp³-hybridized carbons (Fsp3) is 0. The predicted molar refractivity (Wildman–Crippen MR) is 70.8 cm³/mol. The second kappa shape index (κ2) is 4.85. The molecule has 88 valence electrons. The van der Waals surface area contributed by atoms with E-state index in [1.54, 1.807) is 11.4 Å². The minimum Gasteiger partial charge on any atom is -0.399 e. The molecular formula is C11H8BrFN2OS. The minimum absolute atomic E-state index is 0.115. The maximum absolute atomic E-state index is 13.4. The number of benzene rings is 1. The van der Waals surface area contributed by atoms with Crippen LogP contribution in [0.25, 0.3) is 0 Å². The number of carbonyl (C=O) groups is 1. The molecule has 1 aromatic heterocycles. The molecule has 0 radical (unpaired) electrons. The van der Waals surface area contributed by atoms with E-state index in [1.807, 2.05) is 0 Å². The van der Waals surface area contributed by atoms with E-state index < -0.39 is 5.82 Å². The Hall–Kier alpha value is -1.40. The second-order valence-corrected chi connectivity index (χ2v) is 5.06. The van der Waals surface area contributed by atoms with Gasteiger partial charge in [0, 0.05) is 10.2 Å². The first-order valence-electron chi connectivity index (χ1n) is 4.67. The number of hydrogen-bond acceptors (Lipinski definition) is 3. The smallest absolute Gasteiger partial charge is 0.266 e. The summed E-state index contributed by atoms with van der Waals surface area (Å²) in [6.07, 6.45) is 0. The van der Waals surface area contributed by atoms with E-state index in [4.69, 9.17) is 5.73 Å². The van der Waals surface area contributed by atoms with Crippen LogP contribution >= 0.6 is 27.3 Å². The quantitative estimate of drug-likeness (QED) is 0.834. The zero-order valence-corrected chi connectivity index (χ0v) is 10.9. The standard InChI is InChI=1S/C11H8BrFN2OS/c12-7-3-4-17-10(7)11(16)15-9-2-1-6(14)5-8(9)13/h1-5H,14H2,(H,15,16). The molecule has 0 saturated heterocycles. The van der Waals surface area contributed by atoms with E-state index in [2.05, 4.69) is 21.2 Å². The van der Waals surface area contributed by atoms with Gasteiger partial charge in [-0.25, -0.2) is 4.39 Å². The highest BCUT2D eigenvalue weighted by atomic mass is 79.9. The van der Waals surface area contributed by atoms with Gasteiger partial charge >= 0.3 is 0 Å². The highest BCUT2D eigenvalue weighted by Crippen LogP contribution is 2.24. The van der Waals surface area contributed by atoms with E-state index in [-0.39, 0.29) is 11.6 Å². The number of hydrogen-bond donors (Lipinski definition) is 2. The first kappa shape index (κ1) is 12.1. The van der Waals surface area contributed by atoms with Crippen LogP contribution in [0.4, 0.5) is 15.8 Å². The lowest BCUT2D eigenvalue weighted by Gasteiger charge is -2.06. The van der Waals surface area contributed by atoms with Crippen molar-refractivity contribution in [3.8, 4) is 0 Å². The molecule has 1 heterocycles. The number of anilines is 2. The zero-order chi connectivity index (χ0) is 12.4. The van der Waals surface area contributed by atoms with Crippen LogP contribution in [-0.2, 0) is 0 Å². The molecule has 0 atom stereocenters. The molecule has 2 rings (SSSR count). The number of rotatable bonds is 2. The first-order chi connectivity index (χ1) is 8.08. The van der Waals surface area contributed by atoms with Crippen molar-refractivity contribution in [3.05, 3.63) is 44.8 Å². The Morgan fingerprint density at radius 1 is 1.41 bits per heavy atom. The summed E-state index contributed by atoms with van der Waals surface area (Å²) in [5, 5.41) is 4.27. The lowest BCUT2D eigenvalue weighted by molar-refractivity contribution is 0.102. The molecule has 6 heteroatoms. The zero-order valence-electron chi connectivity index (χ0n) is 8.54. The highest BCUT2D eigenvalue weighted by molar-refractivity contribution is 9.10. The Morgan fingerprint density at radius 3 is 2.76 bits per heavy atom. The van der Waals surface area contributed by atoms with Gasteiger partial charge in [0.25, 0.3) is 5.91 Å². The van der Waals surface area contributed by atoms with Crippen molar-refractivity contribution in [2.24, 2.45) is 0 Å². The number of thiophene rings is 1. The highest BCUT2D eigenvalue weighted by Gasteiger charge is 2.13. The average molecular weight is 315 g/mol. The Morgan fingerprint density at radius 2 is 2.18 bits per heavy atom. The maximum Gasteiger partial charge on any atom is 0.266 e. The van der Waals surface area contributed by atoms with Gasteiger partial charge in [-0.2, -0.15) is 0 Å². The third-order valence-electron chi connectivity index (χ3n) is 2.06. The SMILES string of the molecule is Nc1ccc(NC(=O)c2sccc2Br)c(F)c1. The number of carbonyl (C=O) groups excluding carboxylic acids is 1. The summed E-state index contributed by atoms with van der Waals surface area (Å²) in [6, 6.07) is 5.89. The van der Waals surface area contributed by atoms with E-state index in [0.29, 0.717) is 15.0 Å². The molecule has 0 bridgehead atoms. The van der Waals surface area contributed by atoms with Crippen molar-refractivity contribution < 1.29 is 9.18 Å². The number of halogens is 2. The fourth-order valence-electron chi connectivity index (χ4n) is 1.27. The summed E-state index contributed by atoms with van der Waals surface area (Å²) in [5.41, 5.74) is 5.85. The lowest BCUT2D eigenvalue weighted by Crippen LogP contribution is -2.12. The van der Waals surface area contributed by atoms with Gasteiger partial charge in [0.05, 0.1) is 5.69 Å². The summed E-state index contributed by atoms with van der Waals surface area (Å²) in [6.45, 7) is 0. The van der Waals surface area contributed by atoms with Crippen molar-refractivity contribution in [3.63, 3.8) is 0 Å². The van der Waals surface area contributed by atoms with Gasteiger partial charge in [0.2, 0.25) is 0 Å². The van der Waals surface area contributed by atoms with E-state index in [0.717, 1.165) is 0 Å². The van der Waals surface area contributed by atoms with Gasteiger partial charge in [-0.15, -0.1) is 11.3 Å². The Balaban J connectivity index is 2.22. The number of amides is 1. The normalized spacial score (nSPS) is 10.2. The third kappa shape index (κ3) is 2.65. The molecular weight excluding hydrogens is 307 g/mol. The molecule has 0 aliphatic carbocycles. The van der Waals surface area contributed by atoms with Crippen molar-refractivity contribution in [1.82, 2.24) is 0 Å². The van der Waals surface area contributed by atoms with E-state index in [1.165, 1.54) is 29.5 Å². The van der Waals surface area contributed by atoms with Crippen molar-refractivity contribution >= 4 is 44.5 Å². The average Bonchev–Trinajstić information content (AvgIpc) is 2.68. The van der Waals surface area contributed by atoms with Crippen molar-refractivity contribution in [1.29, 1.82) is 0 Å². The number of nitrogens with one attached hydrogen (secondary N) is 1. The summed E-state index contributed by atoms with van der Waals surface area (Å²) < 4.78 is 14.1. The number of nitrogens with two attached hydrogens (primary N) is 1. The Kier molecular flexibility index (Phi) is 3.44. The van der Waals surface area contributed by atoms with Gasteiger partial charge < -0.3 is 11.1 Å². The molecule has 0 unspecified atom stereocenters. The van der Waals surface area contributed by atoms with Crippen molar-refractivity contribution in [2.75, 3.05) is 11.1 Å². The molecule has 0 aliphatic rings. The van der Waals surface area contributed by atoms with Crippen LogP contribution in [-0.4, -0.2) is 5.91 Å². The van der Waals surface area contributed by atoms with Gasteiger partial charge in [-0.1, -0.05) is 0 Å². The van der Waals surface area contributed by atoms with Crippen molar-refractivity contribution in [2.45, 2.75) is 0 Å². The molecule has 1 amide bonds. The molecule has 2 aromatic rings. The summed E-state index contributed by atoms with van der Waals surface area (Å²) >= 11 is 4.53. The van der Waals surface area contributed by atoms with Gasteiger partial charge in [0.15, 0.2) is 0 Å². The van der Waals surface area contributed by atoms with Crippen LogP contribution in [0.2, 0.25) is 0 Å². The fourth-order valence-corrected chi connectivity index (χ4v) is 2.71. The topological polar surface area (TPSA) is 55.1 Å². The van der Waals surface area contributed by atoms with Crippen LogP contribution in [0, 0.1) is 5.82 Å². The Bertz CT molecular complexity index is 570. The summed E-state index contributed by atoms with van der Waals surface area (Å²) in [4.78, 5) is 12.3. The van der Waals surface area contributed by atoms with E-state index >= 15 is 0 Å². The third-order valence-corrected chi connectivity index (χ3v) is 3.90. The van der Waals surface area contributed by atoms with Gasteiger partial charge in [0.1, 0.15) is 10.7 Å². The van der Waals surface area contributed by atoms with E-state index in [9.17, 15) is 9.18 Å². The molecule has 0 spiro atoms. The Labute approximate surface area is 110 Å².